The number of anilines is 1. The summed E-state index contributed by atoms with van der Waals surface area (Å²) in [4.78, 5) is 25.0. The van der Waals surface area contributed by atoms with Gasteiger partial charge in [-0.25, -0.2) is 18.7 Å². The van der Waals surface area contributed by atoms with Crippen LogP contribution in [0, 0.1) is 18.7 Å². The Morgan fingerprint density at radius 3 is 2.80 bits per heavy atom. The molecule has 2 N–H and O–H groups in total. The normalized spacial score (nSPS) is 18.3. The van der Waals surface area contributed by atoms with Gasteiger partial charge in [0.1, 0.15) is 12.0 Å². The van der Waals surface area contributed by atoms with Crippen molar-refractivity contribution in [3.05, 3.63) is 59.4 Å². The van der Waals surface area contributed by atoms with Crippen LogP contribution in [0.25, 0.3) is 27.8 Å². The number of halogens is 3. The molecule has 1 aromatic carbocycles. The summed E-state index contributed by atoms with van der Waals surface area (Å²) in [7, 11) is 0. The number of carbonyl (C=O) groups is 1. The number of amides is 1. The molecule has 1 saturated carbocycles. The molecule has 0 aliphatic heterocycles. The molecule has 12 heteroatoms. The topological polar surface area (TPSA) is 106 Å². The summed E-state index contributed by atoms with van der Waals surface area (Å²) in [5, 5.41) is 10.2. The number of aromatic amines is 1. The van der Waals surface area contributed by atoms with Crippen LogP contribution in [0.3, 0.4) is 0 Å². The summed E-state index contributed by atoms with van der Waals surface area (Å²) in [6, 6.07) is -0.392. The summed E-state index contributed by atoms with van der Waals surface area (Å²) in [5.41, 5.74) is 2.92. The Hall–Kier alpha value is -3.86. The van der Waals surface area contributed by atoms with Crippen LogP contribution in [0.1, 0.15) is 30.6 Å². The number of aromatic nitrogens is 7. The van der Waals surface area contributed by atoms with E-state index >= 15 is 4.39 Å². The number of H-pyrrole nitrogens is 1. The van der Waals surface area contributed by atoms with E-state index in [0.717, 1.165) is 5.69 Å². The van der Waals surface area contributed by atoms with Crippen LogP contribution < -0.4 is 5.32 Å². The summed E-state index contributed by atoms with van der Waals surface area (Å²) in [6.45, 7) is 3.72. The van der Waals surface area contributed by atoms with Crippen LogP contribution in [0.15, 0.2) is 37.3 Å². The van der Waals surface area contributed by atoms with Gasteiger partial charge in [-0.05, 0) is 20.3 Å². The number of nitrogens with one attached hydrogen (secondary N) is 2. The molecule has 6 rings (SSSR count). The van der Waals surface area contributed by atoms with Gasteiger partial charge in [0.15, 0.2) is 11.5 Å². The van der Waals surface area contributed by atoms with Gasteiger partial charge in [0.2, 0.25) is 5.91 Å². The molecule has 1 unspecified atom stereocenters. The van der Waals surface area contributed by atoms with Gasteiger partial charge in [0.25, 0.3) is 0 Å². The van der Waals surface area contributed by atoms with Crippen molar-refractivity contribution in [2.75, 3.05) is 5.32 Å². The Morgan fingerprint density at radius 2 is 2.09 bits per heavy atom. The van der Waals surface area contributed by atoms with E-state index in [2.05, 4.69) is 30.5 Å². The zero-order valence-corrected chi connectivity index (χ0v) is 19.4. The van der Waals surface area contributed by atoms with Crippen molar-refractivity contribution >= 4 is 39.9 Å². The molecule has 4 aromatic heterocycles. The standard InChI is InChI=1S/C23H19ClF2N8O/c1-10-6-34(9-28-10)11(2)18-21(26)20(24)19(13-4-29-32-22(13)18)15-7-33-8-16(30-17(33)5-27-15)31-23(35)12-3-14(12)25/h4-9,11-12,14H,3H2,1-2H3,(H,29,32)(H,31,35)/t11?,12-,14+/m1/s1. The number of alkyl halides is 1. The molecule has 5 aromatic rings. The van der Waals surface area contributed by atoms with E-state index in [9.17, 15) is 9.18 Å². The second-order valence-electron chi connectivity index (χ2n) is 8.73. The first-order valence-electron chi connectivity index (χ1n) is 11.0. The molecule has 1 amide bonds. The molecule has 178 valence electrons. The first kappa shape index (κ1) is 21.7. The van der Waals surface area contributed by atoms with E-state index in [1.54, 1.807) is 29.3 Å². The van der Waals surface area contributed by atoms with E-state index in [0.29, 0.717) is 33.4 Å². The number of carbonyl (C=O) groups excluding carboxylic acids is 1. The summed E-state index contributed by atoms with van der Waals surface area (Å²) >= 11 is 6.59. The highest BCUT2D eigenvalue weighted by molar-refractivity contribution is 6.35. The van der Waals surface area contributed by atoms with Gasteiger partial charge in [0, 0.05) is 28.9 Å². The number of rotatable bonds is 5. The maximum atomic E-state index is 15.7. The Balaban J connectivity index is 1.42. The minimum Gasteiger partial charge on any atom is -0.330 e. The molecule has 1 aliphatic carbocycles. The Bertz CT molecular complexity index is 1620. The number of nitrogens with zero attached hydrogens (tertiary/aromatic N) is 6. The highest BCUT2D eigenvalue weighted by atomic mass is 35.5. The smallest absolute Gasteiger partial charge is 0.231 e. The number of imidazole rings is 2. The van der Waals surface area contributed by atoms with Gasteiger partial charge in [-0.1, -0.05) is 11.6 Å². The molecular weight excluding hydrogens is 478 g/mol. The van der Waals surface area contributed by atoms with Crippen molar-refractivity contribution < 1.29 is 13.6 Å². The molecule has 1 aliphatic rings. The summed E-state index contributed by atoms with van der Waals surface area (Å²) in [5.74, 6) is -1.34. The Morgan fingerprint density at radius 1 is 1.29 bits per heavy atom. The molecule has 1 fully saturated rings. The monoisotopic (exact) mass is 496 g/mol. The predicted molar refractivity (Wildman–Crippen MR) is 125 cm³/mol. The molecule has 0 spiro atoms. The van der Waals surface area contributed by atoms with E-state index in [1.165, 1.54) is 6.20 Å². The first-order chi connectivity index (χ1) is 16.8. The fourth-order valence-electron chi connectivity index (χ4n) is 4.32. The van der Waals surface area contributed by atoms with Gasteiger partial charge in [-0.3, -0.25) is 14.9 Å². The lowest BCUT2D eigenvalue weighted by atomic mass is 9.98. The predicted octanol–water partition coefficient (Wildman–Crippen LogP) is 4.48. The number of aryl methyl sites for hydroxylation is 1. The van der Waals surface area contributed by atoms with Gasteiger partial charge in [-0.2, -0.15) is 5.10 Å². The number of hydrogen-bond donors (Lipinski definition) is 2. The Labute approximate surface area is 202 Å². The lowest BCUT2D eigenvalue weighted by Gasteiger charge is -2.18. The van der Waals surface area contributed by atoms with Gasteiger partial charge >= 0.3 is 0 Å². The quantitative estimate of drug-likeness (QED) is 0.373. The molecule has 9 nitrogen and oxygen atoms in total. The van der Waals surface area contributed by atoms with E-state index in [4.69, 9.17) is 11.6 Å². The average molecular weight is 497 g/mol. The largest absolute Gasteiger partial charge is 0.330 e. The summed E-state index contributed by atoms with van der Waals surface area (Å²) in [6.07, 6.45) is 8.90. The lowest BCUT2D eigenvalue weighted by molar-refractivity contribution is -0.117. The van der Waals surface area contributed by atoms with Gasteiger partial charge in [-0.15, -0.1) is 0 Å². The minimum absolute atomic E-state index is 0.0826. The molecular formula is C23H19ClF2N8O. The van der Waals surface area contributed by atoms with E-state index in [1.807, 2.05) is 24.6 Å². The van der Waals surface area contributed by atoms with E-state index < -0.39 is 29.9 Å². The molecule has 3 atom stereocenters. The van der Waals surface area contributed by atoms with Crippen LogP contribution >= 0.6 is 11.6 Å². The van der Waals surface area contributed by atoms with Crippen LogP contribution in [-0.4, -0.2) is 46.2 Å². The minimum atomic E-state index is -1.10. The summed E-state index contributed by atoms with van der Waals surface area (Å²) < 4.78 is 32.4. The molecule has 0 bridgehead atoms. The third-order valence-corrected chi connectivity index (χ3v) is 6.68. The zero-order valence-electron chi connectivity index (χ0n) is 18.6. The Kier molecular flexibility index (Phi) is 4.85. The number of fused-ring (bicyclic) bond motifs is 2. The van der Waals surface area contributed by atoms with Crippen molar-refractivity contribution in [3.8, 4) is 11.3 Å². The van der Waals surface area contributed by atoms with Gasteiger partial charge in [0.05, 0.1) is 58.8 Å². The lowest BCUT2D eigenvalue weighted by Crippen LogP contribution is -2.15. The SMILES string of the molecule is Cc1cn(C(C)c2c(F)c(Cl)c(-c3cn4cc(NC(=O)[C@@H]5C[C@@H]5F)nc4cn3)c3cn[nH]c23)cn1. The van der Waals surface area contributed by atoms with Crippen LogP contribution in [-0.2, 0) is 4.79 Å². The molecule has 4 heterocycles. The van der Waals surface area contributed by atoms with Crippen molar-refractivity contribution in [3.63, 3.8) is 0 Å². The zero-order chi connectivity index (χ0) is 24.4. The van der Waals surface area contributed by atoms with Gasteiger partial charge < -0.3 is 14.3 Å². The second-order valence-corrected chi connectivity index (χ2v) is 9.10. The maximum absolute atomic E-state index is 15.7. The van der Waals surface area contributed by atoms with Crippen molar-refractivity contribution in [2.45, 2.75) is 32.5 Å². The fourth-order valence-corrected chi connectivity index (χ4v) is 4.62. The number of benzene rings is 1. The molecule has 0 saturated heterocycles. The molecule has 0 radical (unpaired) electrons. The van der Waals surface area contributed by atoms with Crippen LogP contribution in [0.2, 0.25) is 5.02 Å². The maximum Gasteiger partial charge on any atom is 0.231 e. The first-order valence-corrected chi connectivity index (χ1v) is 11.3. The van der Waals surface area contributed by atoms with Crippen molar-refractivity contribution in [2.24, 2.45) is 5.92 Å². The third-order valence-electron chi connectivity index (χ3n) is 6.32. The third kappa shape index (κ3) is 3.54. The van der Waals surface area contributed by atoms with Crippen LogP contribution in [0.4, 0.5) is 14.6 Å². The fraction of sp³-hybridized carbons (Fsp3) is 0.261. The highest BCUT2D eigenvalue weighted by Gasteiger charge is 2.43. The van der Waals surface area contributed by atoms with Crippen molar-refractivity contribution in [1.29, 1.82) is 0 Å². The van der Waals surface area contributed by atoms with E-state index in [-0.39, 0.29) is 17.3 Å². The second kappa shape index (κ2) is 7.84. The molecule has 35 heavy (non-hydrogen) atoms. The van der Waals surface area contributed by atoms with Crippen molar-refractivity contribution in [1.82, 2.24) is 34.1 Å². The average Bonchev–Trinajstić information content (AvgIpc) is 3.19. The highest BCUT2D eigenvalue weighted by Crippen LogP contribution is 2.41. The van der Waals surface area contributed by atoms with Crippen LogP contribution in [0.5, 0.6) is 0 Å². The number of hydrogen-bond acceptors (Lipinski definition) is 5.